The molecular weight excluding hydrogens is 380 g/mol. The van der Waals surface area contributed by atoms with Gasteiger partial charge in [0.25, 0.3) is 0 Å². The third-order valence-electron chi connectivity index (χ3n) is 4.76. The Hall–Kier alpha value is -3.19. The Morgan fingerprint density at radius 1 is 1.13 bits per heavy atom. The van der Waals surface area contributed by atoms with Gasteiger partial charge in [0.05, 0.1) is 0 Å². The highest BCUT2D eigenvalue weighted by molar-refractivity contribution is 5.87. The molecule has 3 heterocycles. The van der Waals surface area contributed by atoms with Crippen molar-refractivity contribution in [3.63, 3.8) is 0 Å². The van der Waals surface area contributed by atoms with Gasteiger partial charge >= 0.3 is 0 Å². The minimum atomic E-state index is 0.0764. The van der Waals surface area contributed by atoms with Crippen molar-refractivity contribution < 1.29 is 14.6 Å². The van der Waals surface area contributed by atoms with E-state index < -0.39 is 0 Å². The van der Waals surface area contributed by atoms with Crippen LogP contribution in [-0.2, 0) is 9.53 Å². The first-order valence-electron chi connectivity index (χ1n) is 10.2. The minimum absolute atomic E-state index is 0.0764. The maximum absolute atomic E-state index is 10.8. The molecular formula is C23H32N4O3. The second-order valence-corrected chi connectivity index (χ2v) is 7.02. The number of rotatable bonds is 3. The fraction of sp³-hybridized carbons (Fsp3) is 0.348. The number of likely N-dealkylation sites (tertiary alicyclic amines) is 1. The van der Waals surface area contributed by atoms with Gasteiger partial charge < -0.3 is 31.2 Å². The summed E-state index contributed by atoms with van der Waals surface area (Å²) in [7, 11) is 0. The summed E-state index contributed by atoms with van der Waals surface area (Å²) in [6, 6.07) is 8.73. The monoisotopic (exact) mass is 412 g/mol. The number of phenols is 1. The van der Waals surface area contributed by atoms with Gasteiger partial charge in [-0.3, -0.25) is 4.79 Å². The Morgan fingerprint density at radius 3 is 2.30 bits per heavy atom. The number of H-pyrrole nitrogens is 1. The van der Waals surface area contributed by atoms with Crippen LogP contribution >= 0.6 is 0 Å². The van der Waals surface area contributed by atoms with E-state index in [0.717, 1.165) is 44.7 Å². The van der Waals surface area contributed by atoms with Gasteiger partial charge in [0.15, 0.2) is 0 Å². The number of aromatic hydroxyl groups is 1. The molecule has 0 saturated carbocycles. The molecule has 6 N–H and O–H groups in total. The number of nitrogens with two attached hydrogens (primary N) is 2. The molecule has 0 unspecified atom stereocenters. The van der Waals surface area contributed by atoms with E-state index in [9.17, 15) is 9.90 Å². The topological polar surface area (TPSA) is 118 Å². The quantitative estimate of drug-likeness (QED) is 0.577. The third kappa shape index (κ3) is 7.33. The zero-order valence-electron chi connectivity index (χ0n) is 17.3. The van der Waals surface area contributed by atoms with Gasteiger partial charge in [0, 0.05) is 49.3 Å². The van der Waals surface area contributed by atoms with Crippen molar-refractivity contribution in [2.75, 3.05) is 32.0 Å². The van der Waals surface area contributed by atoms with Crippen LogP contribution in [0.5, 0.6) is 5.75 Å². The van der Waals surface area contributed by atoms with Gasteiger partial charge in [-0.15, -0.1) is 0 Å². The molecule has 0 aliphatic carbocycles. The molecule has 7 nitrogen and oxygen atoms in total. The smallest absolute Gasteiger partial charge is 0.245 e. The minimum Gasteiger partial charge on any atom is -0.507 e. The summed E-state index contributed by atoms with van der Waals surface area (Å²) in [6.07, 6.45) is 9.70. The molecule has 7 heteroatoms. The number of aromatic amines is 1. The van der Waals surface area contributed by atoms with Crippen molar-refractivity contribution in [2.45, 2.75) is 25.7 Å². The number of ether oxygens (including phenoxy) is 1. The maximum atomic E-state index is 10.8. The predicted molar refractivity (Wildman–Crippen MR) is 121 cm³/mol. The van der Waals surface area contributed by atoms with Gasteiger partial charge in [-0.25, -0.2) is 0 Å². The largest absolute Gasteiger partial charge is 0.507 e. The molecule has 2 saturated heterocycles. The van der Waals surface area contributed by atoms with Gasteiger partial charge in [0.1, 0.15) is 11.6 Å². The van der Waals surface area contributed by atoms with Gasteiger partial charge in [-0.2, -0.15) is 0 Å². The Bertz CT molecular complexity index is 827. The van der Waals surface area contributed by atoms with Crippen LogP contribution in [0, 0.1) is 0 Å². The maximum Gasteiger partial charge on any atom is 0.245 e. The van der Waals surface area contributed by atoms with E-state index in [2.05, 4.69) is 11.6 Å². The number of aromatic nitrogens is 1. The second-order valence-electron chi connectivity index (χ2n) is 7.02. The van der Waals surface area contributed by atoms with Crippen LogP contribution in [0.3, 0.4) is 0 Å². The number of anilines is 1. The molecule has 1 aromatic heterocycles. The van der Waals surface area contributed by atoms with E-state index in [1.54, 1.807) is 30.5 Å². The lowest BCUT2D eigenvalue weighted by Gasteiger charge is -2.10. The van der Waals surface area contributed by atoms with E-state index in [1.165, 1.54) is 18.9 Å². The lowest BCUT2D eigenvalue weighted by molar-refractivity contribution is -0.124. The number of amides is 1. The molecule has 2 aromatic rings. The fourth-order valence-electron chi connectivity index (χ4n) is 3.06. The summed E-state index contributed by atoms with van der Waals surface area (Å²) >= 11 is 0. The first-order valence-corrected chi connectivity index (χ1v) is 10.2. The average Bonchev–Trinajstić information content (AvgIpc) is 3.54. The highest BCUT2D eigenvalue weighted by Gasteiger charge is 2.14. The SMILES string of the molecule is C1CCOC1.C=CC(=O)N1CCCC1.N/C(=C\c1cc[nH]c1N)c1ccccc1O. The summed E-state index contributed by atoms with van der Waals surface area (Å²) < 4.78 is 4.94. The zero-order valence-corrected chi connectivity index (χ0v) is 17.3. The van der Waals surface area contributed by atoms with Crippen molar-refractivity contribution in [3.05, 3.63) is 60.3 Å². The Balaban J connectivity index is 0.000000190. The number of hydrogen-bond donors (Lipinski definition) is 4. The molecule has 1 aromatic carbocycles. The van der Waals surface area contributed by atoms with Crippen molar-refractivity contribution in [1.82, 2.24) is 9.88 Å². The van der Waals surface area contributed by atoms with Gasteiger partial charge in [-0.05, 0) is 56.0 Å². The lowest BCUT2D eigenvalue weighted by atomic mass is 10.1. The average molecular weight is 413 g/mol. The first kappa shape index (κ1) is 23.1. The van der Waals surface area contributed by atoms with Crippen LogP contribution in [0.15, 0.2) is 49.2 Å². The van der Waals surface area contributed by atoms with Crippen LogP contribution in [0.2, 0.25) is 0 Å². The van der Waals surface area contributed by atoms with E-state index in [1.807, 2.05) is 17.0 Å². The second kappa shape index (κ2) is 12.4. The van der Waals surface area contributed by atoms with E-state index >= 15 is 0 Å². The molecule has 0 bridgehead atoms. The van der Waals surface area contributed by atoms with Crippen molar-refractivity contribution in [2.24, 2.45) is 5.73 Å². The van der Waals surface area contributed by atoms with Crippen molar-refractivity contribution >= 4 is 23.5 Å². The number of benzene rings is 1. The number of phenolic OH excluding ortho intramolecular Hbond substituents is 1. The van der Waals surface area contributed by atoms with E-state index in [-0.39, 0.29) is 11.7 Å². The standard InChI is InChI=1S/C12H13N3O.C7H11NO.C4H8O/c13-10(7-8-5-6-15-12(8)14)9-3-1-2-4-11(9)16;1-2-7(9)8-5-3-4-6-8;1-2-4-5-3-1/h1-7,15-16H,13-14H2;2H,1,3-6H2;1-4H2/b10-7-;;. The van der Waals surface area contributed by atoms with Crippen LogP contribution in [0.25, 0.3) is 11.8 Å². The highest BCUT2D eigenvalue weighted by Crippen LogP contribution is 2.24. The molecule has 2 aliphatic heterocycles. The summed E-state index contributed by atoms with van der Waals surface area (Å²) in [5.41, 5.74) is 13.5. The number of hydrogen-bond acceptors (Lipinski definition) is 5. The first-order chi connectivity index (χ1) is 14.5. The molecule has 4 rings (SSSR count). The number of carbonyl (C=O) groups is 1. The van der Waals surface area contributed by atoms with Crippen LogP contribution in [0.1, 0.15) is 36.8 Å². The fourth-order valence-corrected chi connectivity index (χ4v) is 3.06. The number of nitrogens with one attached hydrogen (secondary N) is 1. The Kier molecular flexibility index (Phi) is 9.54. The highest BCUT2D eigenvalue weighted by atomic mass is 16.5. The molecule has 162 valence electrons. The van der Waals surface area contributed by atoms with E-state index in [4.69, 9.17) is 16.2 Å². The van der Waals surface area contributed by atoms with Gasteiger partial charge in [-0.1, -0.05) is 18.7 Å². The number of nitrogen functional groups attached to an aromatic ring is 1. The number of nitrogens with zero attached hydrogens (tertiary/aromatic N) is 1. The Morgan fingerprint density at radius 2 is 1.80 bits per heavy atom. The molecule has 2 fully saturated rings. The molecule has 0 radical (unpaired) electrons. The molecule has 30 heavy (non-hydrogen) atoms. The third-order valence-corrected chi connectivity index (χ3v) is 4.76. The summed E-state index contributed by atoms with van der Waals surface area (Å²) in [6.45, 7) is 7.26. The van der Waals surface area contributed by atoms with Crippen LogP contribution in [0.4, 0.5) is 5.82 Å². The number of carbonyl (C=O) groups excluding carboxylic acids is 1. The lowest BCUT2D eigenvalue weighted by Crippen LogP contribution is -2.25. The summed E-state index contributed by atoms with van der Waals surface area (Å²) in [5, 5.41) is 9.62. The molecule has 2 aliphatic rings. The molecule has 0 spiro atoms. The normalized spacial score (nSPS) is 15.6. The van der Waals surface area contributed by atoms with E-state index in [0.29, 0.717) is 17.1 Å². The van der Waals surface area contributed by atoms with Crippen LogP contribution < -0.4 is 11.5 Å². The summed E-state index contributed by atoms with van der Waals surface area (Å²) in [5.74, 6) is 0.788. The Labute approximate surface area is 178 Å². The van der Waals surface area contributed by atoms with Crippen LogP contribution in [-0.4, -0.2) is 47.2 Å². The zero-order chi connectivity index (χ0) is 21.8. The van der Waals surface area contributed by atoms with Gasteiger partial charge in [0.2, 0.25) is 5.91 Å². The molecule has 1 amide bonds. The summed E-state index contributed by atoms with van der Waals surface area (Å²) in [4.78, 5) is 15.5. The molecule has 0 atom stereocenters. The number of para-hydroxylation sites is 1. The van der Waals surface area contributed by atoms with Crippen molar-refractivity contribution in [3.8, 4) is 5.75 Å². The van der Waals surface area contributed by atoms with Crippen molar-refractivity contribution in [1.29, 1.82) is 0 Å². The predicted octanol–water partition coefficient (Wildman–Crippen LogP) is 3.35.